The highest BCUT2D eigenvalue weighted by molar-refractivity contribution is 5.93. The first-order chi connectivity index (χ1) is 16.7. The van der Waals surface area contributed by atoms with Crippen LogP contribution >= 0.6 is 0 Å². The van der Waals surface area contributed by atoms with Gasteiger partial charge in [-0.3, -0.25) is 4.79 Å². The Hall–Kier alpha value is -3.47. The van der Waals surface area contributed by atoms with Crippen molar-refractivity contribution in [2.24, 2.45) is 0 Å². The molecule has 0 aromatic heterocycles. The van der Waals surface area contributed by atoms with Crippen molar-refractivity contribution in [3.05, 3.63) is 84.4 Å². The van der Waals surface area contributed by atoms with Gasteiger partial charge in [0.15, 0.2) is 0 Å². The molecule has 0 saturated heterocycles. The van der Waals surface area contributed by atoms with Crippen LogP contribution in [0.5, 0.6) is 11.5 Å². The van der Waals surface area contributed by atoms with Gasteiger partial charge in [-0.25, -0.2) is 0 Å². The molecule has 5 nitrogen and oxygen atoms in total. The number of benzene rings is 3. The van der Waals surface area contributed by atoms with E-state index in [0.717, 1.165) is 35.7 Å². The molecule has 3 aromatic rings. The number of hydrogen-bond acceptors (Lipinski definition) is 4. The SMILES string of the molecule is CCCCCCCOc1cccc(NC(=O)CNc2ccc(OCCc3ccccc3)cc2)c1. The summed E-state index contributed by atoms with van der Waals surface area (Å²) in [4.78, 5) is 12.4. The third-order valence-electron chi connectivity index (χ3n) is 5.44. The van der Waals surface area contributed by atoms with E-state index in [2.05, 4.69) is 29.7 Å². The van der Waals surface area contributed by atoms with Gasteiger partial charge >= 0.3 is 0 Å². The molecule has 34 heavy (non-hydrogen) atoms. The molecule has 0 bridgehead atoms. The Bertz CT molecular complexity index is 974. The molecule has 3 rings (SSSR count). The number of carbonyl (C=O) groups is 1. The van der Waals surface area contributed by atoms with Crippen LogP contribution in [0.1, 0.15) is 44.6 Å². The van der Waals surface area contributed by atoms with Crippen molar-refractivity contribution < 1.29 is 14.3 Å². The molecule has 0 atom stereocenters. The monoisotopic (exact) mass is 460 g/mol. The van der Waals surface area contributed by atoms with Crippen molar-refractivity contribution in [2.75, 3.05) is 30.4 Å². The highest BCUT2D eigenvalue weighted by atomic mass is 16.5. The normalized spacial score (nSPS) is 10.5. The maximum absolute atomic E-state index is 12.4. The van der Waals surface area contributed by atoms with E-state index in [9.17, 15) is 4.79 Å². The average molecular weight is 461 g/mol. The van der Waals surface area contributed by atoms with Crippen molar-refractivity contribution in [3.63, 3.8) is 0 Å². The summed E-state index contributed by atoms with van der Waals surface area (Å²) in [5.74, 6) is 1.48. The molecule has 0 spiro atoms. The largest absolute Gasteiger partial charge is 0.494 e. The molecule has 0 heterocycles. The molecule has 0 fully saturated rings. The number of nitrogens with one attached hydrogen (secondary N) is 2. The lowest BCUT2D eigenvalue weighted by Crippen LogP contribution is -2.21. The number of unbranched alkanes of at least 4 members (excludes halogenated alkanes) is 4. The summed E-state index contributed by atoms with van der Waals surface area (Å²) in [7, 11) is 0. The van der Waals surface area contributed by atoms with Gasteiger partial charge in [-0.15, -0.1) is 0 Å². The lowest BCUT2D eigenvalue weighted by atomic mass is 10.2. The zero-order valence-corrected chi connectivity index (χ0v) is 20.1. The van der Waals surface area contributed by atoms with Crippen LogP contribution in [0.25, 0.3) is 0 Å². The summed E-state index contributed by atoms with van der Waals surface area (Å²) >= 11 is 0. The second kappa shape index (κ2) is 14.6. The van der Waals surface area contributed by atoms with E-state index in [1.807, 2.05) is 66.7 Å². The predicted octanol–water partition coefficient (Wildman–Crippen LogP) is 6.71. The number of rotatable bonds is 15. The van der Waals surface area contributed by atoms with E-state index in [1.165, 1.54) is 31.2 Å². The number of anilines is 2. The Morgan fingerprint density at radius 3 is 2.29 bits per heavy atom. The van der Waals surface area contributed by atoms with Crippen LogP contribution in [0.2, 0.25) is 0 Å². The second-order valence-electron chi connectivity index (χ2n) is 8.30. The molecule has 0 unspecified atom stereocenters. The molecule has 2 N–H and O–H groups in total. The van der Waals surface area contributed by atoms with Gasteiger partial charge in [-0.05, 0) is 48.4 Å². The van der Waals surface area contributed by atoms with Crippen LogP contribution in [0.3, 0.4) is 0 Å². The minimum absolute atomic E-state index is 0.111. The van der Waals surface area contributed by atoms with Gasteiger partial charge in [0.25, 0.3) is 0 Å². The van der Waals surface area contributed by atoms with E-state index >= 15 is 0 Å². The van der Waals surface area contributed by atoms with Gasteiger partial charge in [0.1, 0.15) is 11.5 Å². The zero-order valence-electron chi connectivity index (χ0n) is 20.1. The first-order valence-electron chi connectivity index (χ1n) is 12.3. The fourth-order valence-electron chi connectivity index (χ4n) is 3.55. The molecule has 1 amide bonds. The molecule has 3 aromatic carbocycles. The van der Waals surface area contributed by atoms with Crippen LogP contribution in [0.4, 0.5) is 11.4 Å². The van der Waals surface area contributed by atoms with Crippen LogP contribution < -0.4 is 20.1 Å². The third-order valence-corrected chi connectivity index (χ3v) is 5.44. The highest BCUT2D eigenvalue weighted by Gasteiger charge is 2.04. The first-order valence-corrected chi connectivity index (χ1v) is 12.3. The van der Waals surface area contributed by atoms with Crippen molar-refractivity contribution in [1.29, 1.82) is 0 Å². The lowest BCUT2D eigenvalue weighted by molar-refractivity contribution is -0.114. The summed E-state index contributed by atoms with van der Waals surface area (Å²) in [5.41, 5.74) is 2.86. The minimum atomic E-state index is -0.111. The lowest BCUT2D eigenvalue weighted by Gasteiger charge is -2.11. The molecular formula is C29H36N2O3. The molecule has 180 valence electrons. The van der Waals surface area contributed by atoms with Crippen molar-refractivity contribution >= 4 is 17.3 Å². The quantitative estimate of drug-likeness (QED) is 0.248. The molecule has 0 aliphatic rings. The van der Waals surface area contributed by atoms with E-state index in [1.54, 1.807) is 0 Å². The summed E-state index contributed by atoms with van der Waals surface area (Å²) in [6.45, 7) is 3.72. The Morgan fingerprint density at radius 1 is 0.735 bits per heavy atom. The Balaban J connectivity index is 1.35. The summed E-state index contributed by atoms with van der Waals surface area (Å²) < 4.78 is 11.6. The fraction of sp³-hybridized carbons (Fsp3) is 0.345. The van der Waals surface area contributed by atoms with Crippen molar-refractivity contribution in [3.8, 4) is 11.5 Å². The smallest absolute Gasteiger partial charge is 0.243 e. The third kappa shape index (κ3) is 9.57. The van der Waals surface area contributed by atoms with Crippen LogP contribution in [-0.2, 0) is 11.2 Å². The van der Waals surface area contributed by atoms with Crippen LogP contribution in [-0.4, -0.2) is 25.7 Å². The van der Waals surface area contributed by atoms with Gasteiger partial charge in [-0.2, -0.15) is 0 Å². The Morgan fingerprint density at radius 2 is 1.50 bits per heavy atom. The van der Waals surface area contributed by atoms with Gasteiger partial charge in [0.05, 0.1) is 19.8 Å². The van der Waals surface area contributed by atoms with E-state index < -0.39 is 0 Å². The highest BCUT2D eigenvalue weighted by Crippen LogP contribution is 2.19. The summed E-state index contributed by atoms with van der Waals surface area (Å²) in [6.07, 6.45) is 6.89. The van der Waals surface area contributed by atoms with Crippen LogP contribution in [0, 0.1) is 0 Å². The topological polar surface area (TPSA) is 59.6 Å². The van der Waals surface area contributed by atoms with Gasteiger partial charge in [0.2, 0.25) is 5.91 Å². The molecule has 0 saturated carbocycles. The first kappa shape index (κ1) is 25.2. The van der Waals surface area contributed by atoms with E-state index in [4.69, 9.17) is 9.47 Å². The van der Waals surface area contributed by atoms with Gasteiger partial charge < -0.3 is 20.1 Å². The Labute approximate surface area is 203 Å². The summed E-state index contributed by atoms with van der Waals surface area (Å²) in [5, 5.41) is 6.07. The molecule has 0 aliphatic carbocycles. The van der Waals surface area contributed by atoms with Crippen LogP contribution in [0.15, 0.2) is 78.9 Å². The number of hydrogen-bond donors (Lipinski definition) is 2. The molecule has 5 heteroatoms. The van der Waals surface area contributed by atoms with Gasteiger partial charge in [-0.1, -0.05) is 69.0 Å². The molecule has 0 radical (unpaired) electrons. The predicted molar refractivity (Wildman–Crippen MR) is 140 cm³/mol. The fourth-order valence-corrected chi connectivity index (χ4v) is 3.55. The zero-order chi connectivity index (χ0) is 23.8. The average Bonchev–Trinajstić information content (AvgIpc) is 2.86. The van der Waals surface area contributed by atoms with E-state index in [-0.39, 0.29) is 12.5 Å². The number of amides is 1. The Kier molecular flexibility index (Phi) is 10.8. The van der Waals surface area contributed by atoms with Crippen molar-refractivity contribution in [2.45, 2.75) is 45.4 Å². The van der Waals surface area contributed by atoms with Gasteiger partial charge in [0, 0.05) is 23.9 Å². The maximum atomic E-state index is 12.4. The summed E-state index contributed by atoms with van der Waals surface area (Å²) in [6, 6.07) is 25.5. The number of ether oxygens (including phenoxy) is 2. The minimum Gasteiger partial charge on any atom is -0.494 e. The second-order valence-corrected chi connectivity index (χ2v) is 8.30. The standard InChI is InChI=1S/C29H36N2O3/c1-2-3-4-5-9-20-33-28-14-10-13-26(22-28)31-29(32)23-30-25-15-17-27(18-16-25)34-21-19-24-11-7-6-8-12-24/h6-8,10-18,22,30H,2-5,9,19-21,23H2,1H3,(H,31,32). The maximum Gasteiger partial charge on any atom is 0.243 e. The molecule has 0 aliphatic heterocycles. The van der Waals surface area contributed by atoms with Crippen molar-refractivity contribution in [1.82, 2.24) is 0 Å². The number of carbonyl (C=O) groups excluding carboxylic acids is 1. The molecular weight excluding hydrogens is 424 g/mol. The van der Waals surface area contributed by atoms with E-state index in [0.29, 0.717) is 13.2 Å².